The zero-order valence-corrected chi connectivity index (χ0v) is 14.9. The number of amides is 1. The maximum absolute atomic E-state index is 12.3. The Morgan fingerprint density at radius 3 is 2.86 bits per heavy atom. The highest BCUT2D eigenvalue weighted by atomic mass is 19.3. The maximum Gasteiger partial charge on any atom is 0.387 e. The number of alkyl halides is 2. The van der Waals surface area contributed by atoms with Crippen molar-refractivity contribution in [2.45, 2.75) is 26.0 Å². The third-order valence-electron chi connectivity index (χ3n) is 3.71. The van der Waals surface area contributed by atoms with Gasteiger partial charge in [0.1, 0.15) is 0 Å². The van der Waals surface area contributed by atoms with Crippen molar-refractivity contribution < 1.29 is 32.0 Å². The Hall–Kier alpha value is -3.43. The number of furan rings is 1. The number of aromatic nitrogens is 2. The van der Waals surface area contributed by atoms with Crippen molar-refractivity contribution in [1.82, 2.24) is 15.5 Å². The monoisotopic (exact) mass is 393 g/mol. The maximum atomic E-state index is 12.3. The van der Waals surface area contributed by atoms with Gasteiger partial charge in [-0.2, -0.15) is 13.8 Å². The lowest BCUT2D eigenvalue weighted by atomic mass is 10.2. The Balaban J connectivity index is 1.49. The van der Waals surface area contributed by atoms with Crippen LogP contribution in [0.15, 0.2) is 45.5 Å². The van der Waals surface area contributed by atoms with Gasteiger partial charge in [0.2, 0.25) is 17.6 Å². The van der Waals surface area contributed by atoms with Gasteiger partial charge < -0.3 is 23.7 Å². The lowest BCUT2D eigenvalue weighted by Crippen LogP contribution is -2.23. The molecule has 1 amide bonds. The first kappa shape index (κ1) is 19.3. The van der Waals surface area contributed by atoms with Gasteiger partial charge >= 0.3 is 6.61 Å². The molecule has 2 heterocycles. The molecule has 0 saturated heterocycles. The number of methoxy groups -OCH3 is 1. The Morgan fingerprint density at radius 2 is 2.14 bits per heavy atom. The number of ether oxygens (including phenoxy) is 2. The summed E-state index contributed by atoms with van der Waals surface area (Å²) < 4.78 is 44.3. The second kappa shape index (κ2) is 8.98. The summed E-state index contributed by atoms with van der Waals surface area (Å²) in [5, 5.41) is 6.51. The molecule has 1 aromatic carbocycles. The van der Waals surface area contributed by atoms with E-state index in [4.69, 9.17) is 13.7 Å². The number of benzene rings is 1. The molecule has 0 aliphatic heterocycles. The number of halogens is 2. The summed E-state index contributed by atoms with van der Waals surface area (Å²) in [5.74, 6) is 0.965. The van der Waals surface area contributed by atoms with E-state index >= 15 is 0 Å². The van der Waals surface area contributed by atoms with Crippen LogP contribution in [0.2, 0.25) is 0 Å². The molecule has 148 valence electrons. The van der Waals surface area contributed by atoms with E-state index in [1.807, 2.05) is 0 Å². The molecule has 0 aliphatic carbocycles. The van der Waals surface area contributed by atoms with Gasteiger partial charge in [0.05, 0.1) is 13.4 Å². The summed E-state index contributed by atoms with van der Waals surface area (Å²) in [6.07, 6.45) is 1.91. The Morgan fingerprint density at radius 1 is 1.29 bits per heavy atom. The standard InChI is InChI=1S/C18H17F2N3O5/c1-25-14-9-11(4-5-12(14)27-18(19)20)10-21-15(24)6-7-16-22-17(23-28-16)13-3-2-8-26-13/h2-5,8-9,18H,6-7,10H2,1H3,(H,21,24). The van der Waals surface area contributed by atoms with Crippen molar-refractivity contribution in [2.24, 2.45) is 0 Å². The molecule has 0 atom stereocenters. The molecule has 2 aromatic heterocycles. The lowest BCUT2D eigenvalue weighted by Gasteiger charge is -2.11. The number of carbonyl (C=O) groups excluding carboxylic acids is 1. The van der Waals surface area contributed by atoms with Crippen LogP contribution in [0.1, 0.15) is 17.9 Å². The highest BCUT2D eigenvalue weighted by Crippen LogP contribution is 2.29. The van der Waals surface area contributed by atoms with Gasteiger partial charge in [-0.25, -0.2) is 0 Å². The van der Waals surface area contributed by atoms with Crippen molar-refractivity contribution in [3.63, 3.8) is 0 Å². The third-order valence-corrected chi connectivity index (χ3v) is 3.71. The van der Waals surface area contributed by atoms with Crippen LogP contribution in [0.5, 0.6) is 11.5 Å². The summed E-state index contributed by atoms with van der Waals surface area (Å²) in [6.45, 7) is -2.75. The number of aryl methyl sites for hydroxylation is 1. The van der Waals surface area contributed by atoms with Crippen LogP contribution in [0.25, 0.3) is 11.6 Å². The van der Waals surface area contributed by atoms with E-state index in [1.165, 1.54) is 25.5 Å². The minimum Gasteiger partial charge on any atom is -0.493 e. The Kier molecular flexibility index (Phi) is 6.20. The number of rotatable bonds is 9. The summed E-state index contributed by atoms with van der Waals surface area (Å²) in [6, 6.07) is 7.86. The molecule has 8 nitrogen and oxygen atoms in total. The zero-order chi connectivity index (χ0) is 19.9. The second-order valence-corrected chi connectivity index (χ2v) is 5.63. The van der Waals surface area contributed by atoms with Crippen molar-refractivity contribution in [2.75, 3.05) is 7.11 Å². The molecule has 0 bridgehead atoms. The number of hydrogen-bond donors (Lipinski definition) is 1. The Labute approximate surface area is 158 Å². The van der Waals surface area contributed by atoms with Crippen LogP contribution in [0.3, 0.4) is 0 Å². The second-order valence-electron chi connectivity index (χ2n) is 5.63. The fourth-order valence-electron chi connectivity index (χ4n) is 2.39. The van der Waals surface area contributed by atoms with Crippen LogP contribution in [0, 0.1) is 0 Å². The predicted octanol–water partition coefficient (Wildman–Crippen LogP) is 3.19. The van der Waals surface area contributed by atoms with E-state index in [0.29, 0.717) is 23.0 Å². The molecule has 3 rings (SSSR count). The summed E-state index contributed by atoms with van der Waals surface area (Å²) in [4.78, 5) is 16.2. The Bertz CT molecular complexity index is 912. The van der Waals surface area contributed by atoms with E-state index < -0.39 is 6.61 Å². The molecule has 0 spiro atoms. The SMILES string of the molecule is COc1cc(CNC(=O)CCc2nc(-c3ccco3)no2)ccc1OC(F)F. The fourth-order valence-corrected chi connectivity index (χ4v) is 2.39. The van der Waals surface area contributed by atoms with Gasteiger partial charge in [-0.15, -0.1) is 0 Å². The number of nitrogens with zero attached hydrogens (tertiary/aromatic N) is 2. The summed E-state index contributed by atoms with van der Waals surface area (Å²) >= 11 is 0. The predicted molar refractivity (Wildman–Crippen MR) is 91.8 cm³/mol. The van der Waals surface area contributed by atoms with Crippen molar-refractivity contribution >= 4 is 5.91 Å². The molecular formula is C18H17F2N3O5. The normalized spacial score (nSPS) is 10.9. The molecule has 0 fully saturated rings. The number of carbonyl (C=O) groups is 1. The van der Waals surface area contributed by atoms with E-state index in [0.717, 1.165) is 0 Å². The minimum absolute atomic E-state index is 0.0728. The van der Waals surface area contributed by atoms with Gasteiger partial charge in [0.25, 0.3) is 0 Å². The largest absolute Gasteiger partial charge is 0.493 e. The van der Waals surface area contributed by atoms with E-state index in [2.05, 4.69) is 20.2 Å². The zero-order valence-electron chi connectivity index (χ0n) is 14.9. The van der Waals surface area contributed by atoms with Gasteiger partial charge in [-0.1, -0.05) is 11.2 Å². The molecule has 28 heavy (non-hydrogen) atoms. The molecule has 10 heteroatoms. The third kappa shape index (κ3) is 5.06. The van der Waals surface area contributed by atoms with E-state index in [9.17, 15) is 13.6 Å². The van der Waals surface area contributed by atoms with Crippen molar-refractivity contribution in [3.05, 3.63) is 48.0 Å². The number of nitrogens with one attached hydrogen (secondary N) is 1. The highest BCUT2D eigenvalue weighted by Gasteiger charge is 2.13. The molecule has 0 radical (unpaired) electrons. The van der Waals surface area contributed by atoms with Crippen LogP contribution in [-0.2, 0) is 17.8 Å². The van der Waals surface area contributed by atoms with Gasteiger partial charge in [0, 0.05) is 19.4 Å². The van der Waals surface area contributed by atoms with Crippen molar-refractivity contribution in [1.29, 1.82) is 0 Å². The van der Waals surface area contributed by atoms with Crippen LogP contribution in [0.4, 0.5) is 8.78 Å². The van der Waals surface area contributed by atoms with Crippen LogP contribution >= 0.6 is 0 Å². The van der Waals surface area contributed by atoms with Gasteiger partial charge in [0.15, 0.2) is 17.3 Å². The first-order valence-corrected chi connectivity index (χ1v) is 8.30. The van der Waals surface area contributed by atoms with Gasteiger partial charge in [-0.05, 0) is 29.8 Å². The molecule has 1 N–H and O–H groups in total. The minimum atomic E-state index is -2.95. The molecular weight excluding hydrogens is 376 g/mol. The summed E-state index contributed by atoms with van der Waals surface area (Å²) in [5.41, 5.74) is 0.671. The van der Waals surface area contributed by atoms with E-state index in [-0.39, 0.29) is 36.8 Å². The first-order chi connectivity index (χ1) is 13.5. The highest BCUT2D eigenvalue weighted by molar-refractivity contribution is 5.76. The average molecular weight is 393 g/mol. The average Bonchev–Trinajstić information content (AvgIpc) is 3.36. The molecule has 0 saturated carbocycles. The van der Waals surface area contributed by atoms with Crippen molar-refractivity contribution in [3.8, 4) is 23.1 Å². The molecule has 0 unspecified atom stereocenters. The topological polar surface area (TPSA) is 99.6 Å². The molecule has 0 aliphatic rings. The smallest absolute Gasteiger partial charge is 0.387 e. The van der Waals surface area contributed by atoms with Crippen LogP contribution in [-0.4, -0.2) is 29.8 Å². The lowest BCUT2D eigenvalue weighted by molar-refractivity contribution is -0.121. The first-order valence-electron chi connectivity index (χ1n) is 8.30. The summed E-state index contributed by atoms with van der Waals surface area (Å²) in [7, 11) is 1.34. The van der Waals surface area contributed by atoms with E-state index in [1.54, 1.807) is 18.2 Å². The van der Waals surface area contributed by atoms with Gasteiger partial charge in [-0.3, -0.25) is 4.79 Å². The molecule has 3 aromatic rings. The van der Waals surface area contributed by atoms with Crippen LogP contribution < -0.4 is 14.8 Å². The fraction of sp³-hybridized carbons (Fsp3) is 0.278. The number of hydrogen-bond acceptors (Lipinski definition) is 7. The quantitative estimate of drug-likeness (QED) is 0.596.